The molecule has 2 rings (SSSR count). The minimum absolute atomic E-state index is 0.0283. The Morgan fingerprint density at radius 1 is 1.67 bits per heavy atom. The normalized spacial score (nSPS) is 12.3. The van der Waals surface area contributed by atoms with Gasteiger partial charge in [0.15, 0.2) is 0 Å². The average molecular weight is 267 g/mol. The number of carbonyl (C=O) groups is 1. The highest BCUT2D eigenvalue weighted by atomic mass is 32.1. The molecule has 0 saturated heterocycles. The van der Waals surface area contributed by atoms with E-state index in [1.807, 2.05) is 16.8 Å². The second-order valence-electron chi connectivity index (χ2n) is 3.68. The Morgan fingerprint density at radius 2 is 2.50 bits per heavy atom. The van der Waals surface area contributed by atoms with E-state index in [2.05, 4.69) is 15.4 Å². The van der Waals surface area contributed by atoms with E-state index in [-0.39, 0.29) is 24.9 Å². The molecule has 1 atom stereocenters. The smallest absolute Gasteiger partial charge is 0.241 e. The quantitative estimate of drug-likeness (QED) is 0.694. The summed E-state index contributed by atoms with van der Waals surface area (Å²) in [6.07, 6.45) is 0.686. The van der Waals surface area contributed by atoms with Gasteiger partial charge in [0.05, 0.1) is 6.10 Å². The zero-order valence-electron chi connectivity index (χ0n) is 9.48. The van der Waals surface area contributed by atoms with Gasteiger partial charge >= 0.3 is 0 Å². The Hall–Kier alpha value is -1.93. The van der Waals surface area contributed by atoms with Gasteiger partial charge in [0.25, 0.3) is 0 Å². The summed E-state index contributed by atoms with van der Waals surface area (Å²) in [5, 5.41) is 19.9. The lowest BCUT2D eigenvalue weighted by Crippen LogP contribution is -2.31. The number of hydrogen-bond acceptors (Lipinski definition) is 6. The molecule has 1 amide bonds. The topological polar surface area (TPSA) is 106 Å². The third kappa shape index (κ3) is 3.28. The molecule has 1 unspecified atom stereocenters. The Kier molecular flexibility index (Phi) is 3.90. The van der Waals surface area contributed by atoms with Gasteiger partial charge in [-0.1, -0.05) is 0 Å². The van der Waals surface area contributed by atoms with Crippen LogP contribution >= 0.6 is 11.3 Å². The Balaban J connectivity index is 1.78. The van der Waals surface area contributed by atoms with Gasteiger partial charge < -0.3 is 16.2 Å². The van der Waals surface area contributed by atoms with E-state index in [1.54, 1.807) is 0 Å². The third-order valence-electron chi connectivity index (χ3n) is 2.28. The second kappa shape index (κ2) is 5.61. The Morgan fingerprint density at radius 3 is 3.11 bits per heavy atom. The molecule has 4 N–H and O–H groups in total. The van der Waals surface area contributed by atoms with Crippen molar-refractivity contribution in [2.24, 2.45) is 0 Å². The molecule has 0 spiro atoms. The first-order valence-corrected chi connectivity index (χ1v) is 6.21. The van der Waals surface area contributed by atoms with Crippen LogP contribution in [0.5, 0.6) is 0 Å². The number of anilines is 1. The second-order valence-corrected chi connectivity index (χ2v) is 4.46. The van der Waals surface area contributed by atoms with Crippen molar-refractivity contribution in [3.63, 3.8) is 0 Å². The average Bonchev–Trinajstić information content (AvgIpc) is 2.97. The maximum absolute atomic E-state index is 11.5. The molecule has 8 heteroatoms. The number of nitrogens with two attached hydrogens (primary N) is 1. The lowest BCUT2D eigenvalue weighted by atomic mass is 10.2. The number of aliphatic hydroxyl groups excluding tert-OH is 1. The zero-order chi connectivity index (χ0) is 13.0. The number of nitrogens with one attached hydrogen (secondary N) is 1. The van der Waals surface area contributed by atoms with E-state index in [1.165, 1.54) is 22.3 Å². The first-order chi connectivity index (χ1) is 8.65. The van der Waals surface area contributed by atoms with Crippen molar-refractivity contribution < 1.29 is 9.90 Å². The van der Waals surface area contributed by atoms with Crippen molar-refractivity contribution in [1.29, 1.82) is 0 Å². The minimum atomic E-state index is -0.694. The van der Waals surface area contributed by atoms with E-state index < -0.39 is 6.10 Å². The third-order valence-corrected chi connectivity index (χ3v) is 2.98. The fourth-order valence-electron chi connectivity index (χ4n) is 1.38. The van der Waals surface area contributed by atoms with E-state index in [0.29, 0.717) is 0 Å². The molecule has 0 bridgehead atoms. The highest BCUT2D eigenvalue weighted by molar-refractivity contribution is 7.07. The summed E-state index contributed by atoms with van der Waals surface area (Å²) in [6, 6.07) is 1.82. The van der Waals surface area contributed by atoms with Crippen LogP contribution in [-0.4, -0.2) is 32.3 Å². The number of carbonyl (C=O) groups excluding carboxylic acids is 1. The van der Waals surface area contributed by atoms with Gasteiger partial charge in [-0.15, -0.1) is 5.10 Å². The molecule has 18 heavy (non-hydrogen) atoms. The molecule has 0 aromatic carbocycles. The van der Waals surface area contributed by atoms with Gasteiger partial charge in [-0.25, -0.2) is 9.67 Å². The number of amides is 1. The summed E-state index contributed by atoms with van der Waals surface area (Å²) in [5.41, 5.74) is 6.12. The van der Waals surface area contributed by atoms with E-state index in [4.69, 9.17) is 5.73 Å². The van der Waals surface area contributed by atoms with Crippen molar-refractivity contribution >= 4 is 23.2 Å². The standard InChI is InChI=1S/C10H13N5O2S/c11-10-13-6-15(14-10)4-9(17)12-3-8(16)7-1-2-18-5-7/h1-2,5-6,8,16H,3-4H2,(H2,11,14)(H,12,17). The minimum Gasteiger partial charge on any atom is -0.387 e. The summed E-state index contributed by atoms with van der Waals surface area (Å²) < 4.78 is 1.33. The molecule has 2 aromatic heterocycles. The van der Waals surface area contributed by atoms with Crippen molar-refractivity contribution in [1.82, 2.24) is 20.1 Å². The molecule has 0 fully saturated rings. The fourth-order valence-corrected chi connectivity index (χ4v) is 2.09. The molecule has 2 aromatic rings. The van der Waals surface area contributed by atoms with Crippen LogP contribution < -0.4 is 11.1 Å². The summed E-state index contributed by atoms with van der Waals surface area (Å²) in [6.45, 7) is 0.195. The number of aromatic nitrogens is 3. The summed E-state index contributed by atoms with van der Waals surface area (Å²) in [7, 11) is 0. The molecule has 7 nitrogen and oxygen atoms in total. The van der Waals surface area contributed by atoms with Gasteiger partial charge in [-0.2, -0.15) is 11.3 Å². The zero-order valence-corrected chi connectivity index (χ0v) is 10.3. The number of aliphatic hydroxyl groups is 1. The highest BCUT2D eigenvalue weighted by Crippen LogP contribution is 2.14. The lowest BCUT2D eigenvalue weighted by Gasteiger charge is -2.10. The summed E-state index contributed by atoms with van der Waals surface area (Å²) >= 11 is 1.50. The van der Waals surface area contributed by atoms with E-state index in [0.717, 1.165) is 5.56 Å². The fraction of sp³-hybridized carbons (Fsp3) is 0.300. The Bertz CT molecular complexity index is 510. The lowest BCUT2D eigenvalue weighted by molar-refractivity contribution is -0.122. The molecular formula is C10H13N5O2S. The molecule has 2 heterocycles. The molecular weight excluding hydrogens is 254 g/mol. The Labute approximate surface area is 107 Å². The summed E-state index contributed by atoms with van der Waals surface area (Å²) in [4.78, 5) is 15.3. The molecule has 96 valence electrons. The number of nitrogen functional groups attached to an aromatic ring is 1. The highest BCUT2D eigenvalue weighted by Gasteiger charge is 2.10. The van der Waals surface area contributed by atoms with Gasteiger partial charge in [-0.05, 0) is 22.4 Å². The molecule has 0 saturated carbocycles. The van der Waals surface area contributed by atoms with Crippen LogP contribution in [0.1, 0.15) is 11.7 Å². The SMILES string of the molecule is Nc1ncn(CC(=O)NCC(O)c2ccsc2)n1. The molecule has 0 aliphatic heterocycles. The number of thiophene rings is 1. The van der Waals surface area contributed by atoms with Crippen LogP contribution in [0.15, 0.2) is 23.2 Å². The van der Waals surface area contributed by atoms with Crippen LogP contribution in [0.25, 0.3) is 0 Å². The molecule has 0 aliphatic carbocycles. The number of nitrogens with zero attached hydrogens (tertiary/aromatic N) is 3. The van der Waals surface area contributed by atoms with Gasteiger partial charge in [-0.3, -0.25) is 4.79 Å². The van der Waals surface area contributed by atoms with Gasteiger partial charge in [0.1, 0.15) is 12.9 Å². The van der Waals surface area contributed by atoms with Crippen LogP contribution in [0.3, 0.4) is 0 Å². The van der Waals surface area contributed by atoms with Crippen molar-refractivity contribution in [2.45, 2.75) is 12.6 Å². The van der Waals surface area contributed by atoms with Gasteiger partial charge in [0.2, 0.25) is 11.9 Å². The van der Waals surface area contributed by atoms with Crippen molar-refractivity contribution in [3.05, 3.63) is 28.7 Å². The number of rotatable bonds is 5. The number of hydrogen-bond donors (Lipinski definition) is 3. The van der Waals surface area contributed by atoms with Crippen LogP contribution in [0.4, 0.5) is 5.95 Å². The van der Waals surface area contributed by atoms with E-state index >= 15 is 0 Å². The first kappa shape index (κ1) is 12.5. The monoisotopic (exact) mass is 267 g/mol. The predicted molar refractivity (Wildman–Crippen MR) is 66.7 cm³/mol. The predicted octanol–water partition coefficient (Wildman–Crippen LogP) is -0.228. The van der Waals surface area contributed by atoms with Crippen molar-refractivity contribution in [3.8, 4) is 0 Å². The molecule has 0 aliphatic rings. The van der Waals surface area contributed by atoms with Crippen LogP contribution in [0.2, 0.25) is 0 Å². The maximum atomic E-state index is 11.5. The van der Waals surface area contributed by atoms with Crippen LogP contribution in [-0.2, 0) is 11.3 Å². The van der Waals surface area contributed by atoms with Crippen LogP contribution in [0, 0.1) is 0 Å². The first-order valence-electron chi connectivity index (χ1n) is 5.27. The van der Waals surface area contributed by atoms with Gasteiger partial charge in [0, 0.05) is 6.54 Å². The summed E-state index contributed by atoms with van der Waals surface area (Å²) in [5.74, 6) is -0.129. The largest absolute Gasteiger partial charge is 0.387 e. The van der Waals surface area contributed by atoms with E-state index in [9.17, 15) is 9.90 Å². The van der Waals surface area contributed by atoms with Crippen molar-refractivity contribution in [2.75, 3.05) is 12.3 Å². The maximum Gasteiger partial charge on any atom is 0.241 e. The molecule has 0 radical (unpaired) electrons.